The maximum absolute atomic E-state index is 10.1. The Hall–Kier alpha value is -2.39. The molecule has 0 aliphatic rings. The molecule has 0 radical (unpaired) electrons. The summed E-state index contributed by atoms with van der Waals surface area (Å²) in [6, 6.07) is 17.7. The molecule has 1 unspecified atom stereocenters. The van der Waals surface area contributed by atoms with Crippen molar-refractivity contribution in [2.75, 3.05) is 0 Å². The first kappa shape index (κ1) is 15.7. The van der Waals surface area contributed by atoms with Crippen molar-refractivity contribution in [2.45, 2.75) is 13.0 Å². The third-order valence-corrected chi connectivity index (χ3v) is 2.68. The van der Waals surface area contributed by atoms with Gasteiger partial charge in [0.2, 0.25) is 0 Å². The number of aliphatic carboxylic acids is 1. The second-order valence-corrected chi connectivity index (χ2v) is 4.27. The molecule has 3 heteroatoms. The van der Waals surface area contributed by atoms with Gasteiger partial charge in [-0.25, -0.2) is 4.79 Å². The van der Waals surface area contributed by atoms with Crippen molar-refractivity contribution in [1.29, 1.82) is 0 Å². The van der Waals surface area contributed by atoms with Gasteiger partial charge < -0.3 is 10.2 Å². The van der Waals surface area contributed by atoms with E-state index in [1.807, 2.05) is 61.5 Å². The Labute approximate surface area is 118 Å². The minimum Gasteiger partial charge on any atom is -0.478 e. The van der Waals surface area contributed by atoms with E-state index in [2.05, 4.69) is 6.58 Å². The molecule has 0 amide bonds. The maximum atomic E-state index is 10.1. The highest BCUT2D eigenvalue weighted by Crippen LogP contribution is 2.21. The van der Waals surface area contributed by atoms with Gasteiger partial charge in [-0.05, 0) is 18.1 Å². The molecule has 1 atom stereocenters. The minimum absolute atomic E-state index is 0.521. The van der Waals surface area contributed by atoms with E-state index in [4.69, 9.17) is 5.11 Å². The number of aliphatic hydroxyl groups excluding tert-OH is 1. The van der Waals surface area contributed by atoms with Crippen molar-refractivity contribution >= 4 is 5.97 Å². The summed E-state index contributed by atoms with van der Waals surface area (Å²) in [4.78, 5) is 9.25. The summed E-state index contributed by atoms with van der Waals surface area (Å²) in [6.45, 7) is 5.00. The predicted octanol–water partition coefficient (Wildman–Crippen LogP) is 3.33. The number of carboxylic acids is 1. The van der Waals surface area contributed by atoms with E-state index in [0.29, 0.717) is 0 Å². The fourth-order valence-corrected chi connectivity index (χ4v) is 1.58. The molecule has 0 aliphatic carbocycles. The highest BCUT2D eigenvalue weighted by Gasteiger charge is 2.08. The lowest BCUT2D eigenvalue weighted by molar-refractivity contribution is -0.131. The van der Waals surface area contributed by atoms with Crippen molar-refractivity contribution in [3.63, 3.8) is 0 Å². The van der Waals surface area contributed by atoms with Crippen LogP contribution in [0.5, 0.6) is 0 Å². The zero-order valence-corrected chi connectivity index (χ0v) is 11.4. The molecule has 0 aliphatic heterocycles. The monoisotopic (exact) mass is 270 g/mol. The van der Waals surface area contributed by atoms with Gasteiger partial charge in [-0.15, -0.1) is 0 Å². The van der Waals surface area contributed by atoms with Gasteiger partial charge in [0.05, 0.1) is 0 Å². The highest BCUT2D eigenvalue weighted by atomic mass is 16.4. The lowest BCUT2D eigenvalue weighted by atomic mass is 10.0. The number of carbonyl (C=O) groups is 1. The van der Waals surface area contributed by atoms with Crippen molar-refractivity contribution in [1.82, 2.24) is 0 Å². The molecule has 104 valence electrons. The summed E-state index contributed by atoms with van der Waals surface area (Å²) >= 11 is 0. The molecule has 20 heavy (non-hydrogen) atoms. The van der Waals surface area contributed by atoms with E-state index in [0.717, 1.165) is 17.2 Å². The fourth-order valence-electron chi connectivity index (χ4n) is 1.58. The van der Waals surface area contributed by atoms with Gasteiger partial charge in [0.25, 0.3) is 0 Å². The van der Waals surface area contributed by atoms with Gasteiger partial charge in [-0.2, -0.15) is 0 Å². The van der Waals surface area contributed by atoms with Crippen LogP contribution in [0.4, 0.5) is 0 Å². The lowest BCUT2D eigenvalue weighted by Crippen LogP contribution is -1.98. The summed E-state index contributed by atoms with van der Waals surface area (Å²) in [5, 5.41) is 17.7. The Kier molecular flexibility index (Phi) is 6.20. The number of aryl methyl sites for hydroxylation is 1. The standard InChI is InChI=1S/C14H14O.C3H4O2/c1-11-7-9-13(10-8-11)14(15)12-5-3-2-4-6-12;1-2-3(4)5/h2-10,14-15H,1H3;2H,1H2,(H,4,5). The molecule has 0 aromatic heterocycles. The molecule has 0 fully saturated rings. The van der Waals surface area contributed by atoms with Crippen LogP contribution in [-0.2, 0) is 4.79 Å². The van der Waals surface area contributed by atoms with Crippen molar-refractivity contribution in [2.24, 2.45) is 0 Å². The van der Waals surface area contributed by atoms with Crippen molar-refractivity contribution < 1.29 is 15.0 Å². The number of rotatable bonds is 3. The van der Waals surface area contributed by atoms with Gasteiger partial charge in [-0.3, -0.25) is 0 Å². The van der Waals surface area contributed by atoms with Gasteiger partial charge in [-0.1, -0.05) is 66.7 Å². The number of hydrogen-bond donors (Lipinski definition) is 2. The van der Waals surface area contributed by atoms with Gasteiger partial charge in [0.15, 0.2) is 0 Å². The highest BCUT2D eigenvalue weighted by molar-refractivity contribution is 5.78. The van der Waals surface area contributed by atoms with Crippen LogP contribution in [0.1, 0.15) is 22.8 Å². The van der Waals surface area contributed by atoms with Gasteiger partial charge in [0.1, 0.15) is 6.10 Å². The zero-order valence-electron chi connectivity index (χ0n) is 11.4. The maximum Gasteiger partial charge on any atom is 0.327 e. The van der Waals surface area contributed by atoms with Crippen LogP contribution in [-0.4, -0.2) is 16.2 Å². The second kappa shape index (κ2) is 7.92. The molecule has 0 heterocycles. The van der Waals surface area contributed by atoms with Crippen LogP contribution in [0.25, 0.3) is 0 Å². The Morgan fingerprint density at radius 1 is 1.05 bits per heavy atom. The molecular weight excluding hydrogens is 252 g/mol. The Morgan fingerprint density at radius 3 is 1.95 bits per heavy atom. The molecule has 0 spiro atoms. The third-order valence-electron chi connectivity index (χ3n) is 2.68. The molecule has 0 bridgehead atoms. The average Bonchev–Trinajstić information content (AvgIpc) is 2.49. The smallest absolute Gasteiger partial charge is 0.327 e. The minimum atomic E-state index is -0.981. The van der Waals surface area contributed by atoms with Crippen LogP contribution < -0.4 is 0 Å². The predicted molar refractivity (Wildman–Crippen MR) is 79.5 cm³/mol. The molecule has 2 rings (SSSR count). The molecule has 3 nitrogen and oxygen atoms in total. The molecule has 2 N–H and O–H groups in total. The Balaban J connectivity index is 0.000000347. The molecular formula is C17H18O3. The van der Waals surface area contributed by atoms with Gasteiger partial charge in [0, 0.05) is 6.08 Å². The Morgan fingerprint density at radius 2 is 1.50 bits per heavy atom. The molecule has 0 saturated heterocycles. The van der Waals surface area contributed by atoms with E-state index in [-0.39, 0.29) is 0 Å². The summed E-state index contributed by atoms with van der Waals surface area (Å²) in [5.74, 6) is -0.981. The topological polar surface area (TPSA) is 57.5 Å². The van der Waals surface area contributed by atoms with E-state index in [1.54, 1.807) is 0 Å². The largest absolute Gasteiger partial charge is 0.478 e. The second-order valence-electron chi connectivity index (χ2n) is 4.27. The first-order valence-electron chi connectivity index (χ1n) is 6.19. The molecule has 2 aromatic carbocycles. The SMILES string of the molecule is C=CC(=O)O.Cc1ccc(C(O)c2ccccc2)cc1. The summed E-state index contributed by atoms with van der Waals surface area (Å²) in [5.41, 5.74) is 3.08. The first-order valence-corrected chi connectivity index (χ1v) is 6.19. The van der Waals surface area contributed by atoms with Crippen LogP contribution in [0.3, 0.4) is 0 Å². The van der Waals surface area contributed by atoms with E-state index < -0.39 is 12.1 Å². The Bertz CT molecular complexity index is 544. The normalized spacial score (nSPS) is 10.9. The van der Waals surface area contributed by atoms with Crippen molar-refractivity contribution in [3.05, 3.63) is 83.9 Å². The van der Waals surface area contributed by atoms with E-state index >= 15 is 0 Å². The first-order chi connectivity index (χ1) is 9.54. The summed E-state index contributed by atoms with van der Waals surface area (Å²) in [6.07, 6.45) is 0.312. The van der Waals surface area contributed by atoms with E-state index in [1.165, 1.54) is 5.56 Å². The van der Waals surface area contributed by atoms with Crippen LogP contribution in [0, 0.1) is 6.92 Å². The average molecular weight is 270 g/mol. The molecule has 2 aromatic rings. The van der Waals surface area contributed by atoms with Crippen LogP contribution in [0.2, 0.25) is 0 Å². The summed E-state index contributed by atoms with van der Waals surface area (Å²) in [7, 11) is 0. The van der Waals surface area contributed by atoms with Crippen LogP contribution in [0.15, 0.2) is 67.3 Å². The lowest BCUT2D eigenvalue weighted by Gasteiger charge is -2.11. The number of benzene rings is 2. The summed E-state index contributed by atoms with van der Waals surface area (Å²) < 4.78 is 0. The number of hydrogen-bond acceptors (Lipinski definition) is 2. The van der Waals surface area contributed by atoms with Gasteiger partial charge >= 0.3 is 5.97 Å². The fraction of sp³-hybridized carbons (Fsp3) is 0.118. The van der Waals surface area contributed by atoms with E-state index in [9.17, 15) is 9.90 Å². The molecule has 0 saturated carbocycles. The zero-order chi connectivity index (χ0) is 15.0. The quantitative estimate of drug-likeness (QED) is 0.841. The number of carboxylic acid groups (broad SMARTS) is 1. The van der Waals surface area contributed by atoms with Crippen LogP contribution >= 0.6 is 0 Å². The van der Waals surface area contributed by atoms with Crippen molar-refractivity contribution in [3.8, 4) is 0 Å². The third kappa shape index (κ3) is 5.08. The number of aliphatic hydroxyl groups is 1.